The van der Waals surface area contributed by atoms with Gasteiger partial charge in [-0.25, -0.2) is 9.37 Å². The Kier molecular flexibility index (Phi) is 5.46. The molecule has 0 spiro atoms. The molecule has 8 nitrogen and oxygen atoms in total. The van der Waals surface area contributed by atoms with Crippen molar-refractivity contribution in [1.82, 2.24) is 15.2 Å². The van der Waals surface area contributed by atoms with E-state index in [0.717, 1.165) is 4.70 Å². The van der Waals surface area contributed by atoms with E-state index in [0.29, 0.717) is 22.6 Å². The number of hydrogen-bond acceptors (Lipinski definition) is 7. The van der Waals surface area contributed by atoms with Gasteiger partial charge in [0.25, 0.3) is 5.91 Å². The highest BCUT2D eigenvalue weighted by Gasteiger charge is 2.53. The Labute approximate surface area is 176 Å². The van der Waals surface area contributed by atoms with E-state index in [1.54, 1.807) is 18.2 Å². The minimum absolute atomic E-state index is 0.0955. The minimum atomic E-state index is -1.42. The Morgan fingerprint density at radius 2 is 2.20 bits per heavy atom. The molecule has 2 amide bonds. The number of nitrogen functional groups attached to an aromatic ring is 1. The predicted molar refractivity (Wildman–Crippen MR) is 110 cm³/mol. The molecule has 3 N–H and O–H groups in total. The van der Waals surface area contributed by atoms with Crippen LogP contribution in [0.15, 0.2) is 18.2 Å². The number of alkyl halides is 1. The number of nitrogens with one attached hydrogen (secondary N) is 1. The van der Waals surface area contributed by atoms with E-state index < -0.39 is 36.2 Å². The maximum absolute atomic E-state index is 14.3. The molecule has 160 valence electrons. The molecule has 10 heteroatoms. The molecule has 0 unspecified atom stereocenters. The van der Waals surface area contributed by atoms with Gasteiger partial charge in [-0.1, -0.05) is 25.2 Å². The Balaban J connectivity index is 1.55. The Hall–Kier alpha value is -2.59. The summed E-state index contributed by atoms with van der Waals surface area (Å²) < 4.78 is 20.3. The van der Waals surface area contributed by atoms with Gasteiger partial charge in [0.15, 0.2) is 10.9 Å². The zero-order valence-electron chi connectivity index (χ0n) is 16.6. The van der Waals surface area contributed by atoms with Gasteiger partial charge in [-0.15, -0.1) is 0 Å². The summed E-state index contributed by atoms with van der Waals surface area (Å²) in [5.74, 6) is -1.10. The van der Waals surface area contributed by atoms with E-state index in [1.165, 1.54) is 16.2 Å². The highest BCUT2D eigenvalue weighted by atomic mass is 32.1. The van der Waals surface area contributed by atoms with E-state index in [-0.39, 0.29) is 24.9 Å². The SMILES string of the molecule is CC(C)C[C@H](NC(=O)c1ccc2nc(N)sc2c1)C(=O)N1C[C@H](F)[C@H]2OCC(=O)[C@H]21. The first-order valence-corrected chi connectivity index (χ1v) is 10.6. The topological polar surface area (TPSA) is 115 Å². The number of fused-ring (bicyclic) bond motifs is 2. The van der Waals surface area contributed by atoms with Gasteiger partial charge >= 0.3 is 0 Å². The minimum Gasteiger partial charge on any atom is -0.375 e. The highest BCUT2D eigenvalue weighted by Crippen LogP contribution is 2.30. The molecule has 2 aliphatic heterocycles. The lowest BCUT2D eigenvalue weighted by Crippen LogP contribution is -2.52. The maximum Gasteiger partial charge on any atom is 0.251 e. The van der Waals surface area contributed by atoms with Crippen LogP contribution in [0.1, 0.15) is 30.6 Å². The third-order valence-electron chi connectivity index (χ3n) is 5.38. The normalized spacial score (nSPS) is 24.5. The molecule has 0 aliphatic carbocycles. The van der Waals surface area contributed by atoms with Gasteiger partial charge in [0, 0.05) is 5.56 Å². The molecule has 4 atom stereocenters. The number of carbonyl (C=O) groups is 3. The summed E-state index contributed by atoms with van der Waals surface area (Å²) in [4.78, 5) is 43.6. The number of hydrogen-bond donors (Lipinski definition) is 2. The van der Waals surface area contributed by atoms with Gasteiger partial charge < -0.3 is 20.7 Å². The Morgan fingerprint density at radius 1 is 1.43 bits per heavy atom. The zero-order valence-corrected chi connectivity index (χ0v) is 17.4. The van der Waals surface area contributed by atoms with Crippen LogP contribution in [0.2, 0.25) is 0 Å². The molecular weight excluding hydrogens is 411 g/mol. The van der Waals surface area contributed by atoms with Crippen molar-refractivity contribution in [2.75, 3.05) is 18.9 Å². The number of anilines is 1. The summed E-state index contributed by atoms with van der Waals surface area (Å²) in [6.45, 7) is 3.44. The number of halogens is 1. The molecule has 4 rings (SSSR count). The molecular formula is C20H23FN4O4S. The predicted octanol–water partition coefficient (Wildman–Crippen LogP) is 1.54. The number of benzene rings is 1. The van der Waals surface area contributed by atoms with Crippen LogP contribution in [0.4, 0.5) is 9.52 Å². The number of carbonyl (C=O) groups excluding carboxylic acids is 3. The number of aromatic nitrogens is 1. The molecule has 0 saturated carbocycles. The Bertz CT molecular complexity index is 1010. The second-order valence-corrected chi connectivity index (χ2v) is 9.15. The summed E-state index contributed by atoms with van der Waals surface area (Å²) in [6.07, 6.45) is -1.98. The van der Waals surface area contributed by atoms with Gasteiger partial charge in [-0.3, -0.25) is 14.4 Å². The number of ketones is 1. The fourth-order valence-corrected chi connectivity index (χ4v) is 4.82. The lowest BCUT2D eigenvalue weighted by molar-refractivity contribution is -0.138. The van der Waals surface area contributed by atoms with E-state index in [2.05, 4.69) is 10.3 Å². The van der Waals surface area contributed by atoms with E-state index in [4.69, 9.17) is 10.5 Å². The van der Waals surface area contributed by atoms with E-state index >= 15 is 0 Å². The van der Waals surface area contributed by atoms with Crippen molar-refractivity contribution >= 4 is 44.3 Å². The highest BCUT2D eigenvalue weighted by molar-refractivity contribution is 7.22. The first kappa shape index (κ1) is 20.7. The number of nitrogens with zero attached hydrogens (tertiary/aromatic N) is 2. The van der Waals surface area contributed by atoms with Crippen molar-refractivity contribution in [3.63, 3.8) is 0 Å². The smallest absolute Gasteiger partial charge is 0.251 e. The van der Waals surface area contributed by atoms with E-state index in [9.17, 15) is 18.8 Å². The van der Waals surface area contributed by atoms with Gasteiger partial charge in [-0.05, 0) is 30.5 Å². The lowest BCUT2D eigenvalue weighted by Gasteiger charge is -2.28. The van der Waals surface area contributed by atoms with Crippen LogP contribution in [0.25, 0.3) is 10.2 Å². The van der Waals surface area contributed by atoms with Crippen molar-refractivity contribution in [1.29, 1.82) is 0 Å². The molecule has 1 aromatic carbocycles. The molecule has 1 aromatic heterocycles. The average Bonchev–Trinajstić information content (AvgIpc) is 3.34. The number of amides is 2. The van der Waals surface area contributed by atoms with Gasteiger partial charge in [0.1, 0.15) is 31.0 Å². The summed E-state index contributed by atoms with van der Waals surface area (Å²) in [5.41, 5.74) is 6.78. The average molecular weight is 434 g/mol. The van der Waals surface area contributed by atoms with Crippen LogP contribution in [0, 0.1) is 5.92 Å². The van der Waals surface area contributed by atoms with E-state index in [1.807, 2.05) is 13.8 Å². The Morgan fingerprint density at radius 3 is 2.93 bits per heavy atom. The molecule has 2 fully saturated rings. The fourth-order valence-electron chi connectivity index (χ4n) is 4.04. The molecule has 0 bridgehead atoms. The van der Waals surface area contributed by atoms with Crippen molar-refractivity contribution < 1.29 is 23.5 Å². The maximum atomic E-state index is 14.3. The quantitative estimate of drug-likeness (QED) is 0.738. The third-order valence-corrected chi connectivity index (χ3v) is 6.23. The van der Waals surface area contributed by atoms with Gasteiger partial charge in [0.2, 0.25) is 5.91 Å². The largest absolute Gasteiger partial charge is 0.375 e. The first-order valence-electron chi connectivity index (χ1n) is 9.80. The summed E-state index contributed by atoms with van der Waals surface area (Å²) >= 11 is 1.27. The van der Waals surface area contributed by atoms with Crippen LogP contribution < -0.4 is 11.1 Å². The van der Waals surface area contributed by atoms with Crippen LogP contribution in [-0.2, 0) is 14.3 Å². The van der Waals surface area contributed by atoms with Crippen LogP contribution in [-0.4, -0.2) is 65.0 Å². The van der Waals surface area contributed by atoms with Crippen molar-refractivity contribution in [2.24, 2.45) is 5.92 Å². The second kappa shape index (κ2) is 7.92. The van der Waals surface area contributed by atoms with Gasteiger partial charge in [-0.2, -0.15) is 0 Å². The van der Waals surface area contributed by atoms with Crippen molar-refractivity contribution in [3.05, 3.63) is 23.8 Å². The van der Waals surface area contributed by atoms with Crippen molar-refractivity contribution in [2.45, 2.75) is 44.6 Å². The molecule has 2 aromatic rings. The molecule has 0 radical (unpaired) electrons. The summed E-state index contributed by atoms with van der Waals surface area (Å²) in [7, 11) is 0. The molecule has 2 aliphatic rings. The lowest BCUT2D eigenvalue weighted by atomic mass is 10.0. The standard InChI is InChI=1S/C20H23FN4O4S/c1-9(2)5-13(19(28)25-7-11(21)17-16(25)14(26)8-29-17)23-18(27)10-3-4-12-15(6-10)30-20(22)24-12/h3-4,6,9,11,13,16-17H,5,7-8H2,1-2H3,(H2,22,24)(H,23,27)/t11-,13-,16+,17+/m0/s1. The van der Waals surface area contributed by atoms with Crippen LogP contribution in [0.3, 0.4) is 0 Å². The van der Waals surface area contributed by atoms with Crippen LogP contribution >= 0.6 is 11.3 Å². The monoisotopic (exact) mass is 434 g/mol. The fraction of sp³-hybridized carbons (Fsp3) is 0.500. The number of ether oxygens (including phenoxy) is 1. The number of Topliss-reactive ketones (excluding diaryl/α,β-unsaturated/α-hetero) is 1. The molecule has 30 heavy (non-hydrogen) atoms. The summed E-state index contributed by atoms with van der Waals surface area (Å²) in [5, 5.41) is 3.18. The summed E-state index contributed by atoms with van der Waals surface area (Å²) in [6, 6.07) is 3.19. The second-order valence-electron chi connectivity index (χ2n) is 8.08. The number of nitrogens with two attached hydrogens (primary N) is 1. The number of rotatable bonds is 5. The van der Waals surface area contributed by atoms with Crippen LogP contribution in [0.5, 0.6) is 0 Å². The third kappa shape index (κ3) is 3.77. The number of thiazole rings is 1. The molecule has 2 saturated heterocycles. The van der Waals surface area contributed by atoms with Gasteiger partial charge in [0.05, 0.1) is 16.8 Å². The first-order chi connectivity index (χ1) is 14.2. The zero-order chi connectivity index (χ0) is 21.6. The number of likely N-dealkylation sites (tertiary alicyclic amines) is 1. The molecule has 3 heterocycles. The van der Waals surface area contributed by atoms with Crippen molar-refractivity contribution in [3.8, 4) is 0 Å².